The van der Waals surface area contributed by atoms with Gasteiger partial charge in [0.2, 0.25) is 0 Å². The van der Waals surface area contributed by atoms with Gasteiger partial charge in [-0.3, -0.25) is 4.79 Å². The minimum absolute atomic E-state index is 0.0258. The molecular formula is C21H19FN2O3S. The Morgan fingerprint density at radius 1 is 1.00 bits per heavy atom. The average Bonchev–Trinajstić information content (AvgIpc) is 2.63. The normalized spacial score (nSPS) is 14.2. The van der Waals surface area contributed by atoms with Crippen molar-refractivity contribution < 1.29 is 12.8 Å². The van der Waals surface area contributed by atoms with Crippen LogP contribution in [0.25, 0.3) is 22.3 Å². The Kier molecular flexibility index (Phi) is 5.09. The molecule has 0 saturated heterocycles. The van der Waals surface area contributed by atoms with Crippen molar-refractivity contribution in [1.82, 2.24) is 9.78 Å². The van der Waals surface area contributed by atoms with Crippen LogP contribution in [0.1, 0.15) is 30.9 Å². The van der Waals surface area contributed by atoms with Gasteiger partial charge in [-0.15, -0.1) is 0 Å². The Bertz CT molecular complexity index is 1120. The zero-order valence-corrected chi connectivity index (χ0v) is 15.9. The first-order valence-electron chi connectivity index (χ1n) is 9.12. The van der Waals surface area contributed by atoms with Gasteiger partial charge in [0.05, 0.1) is 23.6 Å². The highest BCUT2D eigenvalue weighted by Crippen LogP contribution is 2.33. The van der Waals surface area contributed by atoms with Crippen LogP contribution in [0, 0.1) is 5.82 Å². The molecule has 2 aromatic carbocycles. The van der Waals surface area contributed by atoms with E-state index >= 15 is 0 Å². The Labute approximate surface area is 163 Å². The van der Waals surface area contributed by atoms with Gasteiger partial charge in [-0.25, -0.2) is 17.5 Å². The minimum Gasteiger partial charge on any atom is -0.267 e. The number of aromatic nitrogens is 2. The summed E-state index contributed by atoms with van der Waals surface area (Å²) in [5.74, 6) is -0.392. The summed E-state index contributed by atoms with van der Waals surface area (Å²) < 4.78 is 36.8. The third-order valence-corrected chi connectivity index (χ3v) is 5.76. The second-order valence-electron chi connectivity index (χ2n) is 6.96. The number of hydrogen-bond acceptors (Lipinski definition) is 4. The number of benzene rings is 2. The predicted molar refractivity (Wildman–Crippen MR) is 106 cm³/mol. The number of thiol groups is 1. The molecule has 0 unspecified atom stereocenters. The van der Waals surface area contributed by atoms with Gasteiger partial charge in [-0.2, -0.15) is 5.10 Å². The maximum atomic E-state index is 13.4. The van der Waals surface area contributed by atoms with E-state index < -0.39 is 10.7 Å². The van der Waals surface area contributed by atoms with Crippen LogP contribution < -0.4 is 5.56 Å². The largest absolute Gasteiger partial charge is 0.275 e. The molecule has 5 nitrogen and oxygen atoms in total. The molecule has 144 valence electrons. The van der Waals surface area contributed by atoms with Gasteiger partial charge in [0.15, 0.2) is 0 Å². The van der Waals surface area contributed by atoms with Crippen LogP contribution in [0.5, 0.6) is 0 Å². The van der Waals surface area contributed by atoms with E-state index in [2.05, 4.69) is 5.10 Å². The molecule has 28 heavy (non-hydrogen) atoms. The van der Waals surface area contributed by atoms with E-state index in [0.717, 1.165) is 24.8 Å². The molecule has 0 amide bonds. The lowest BCUT2D eigenvalue weighted by Crippen LogP contribution is -2.32. The van der Waals surface area contributed by atoms with Crippen molar-refractivity contribution in [2.24, 2.45) is 0 Å². The minimum atomic E-state index is -2.50. The Morgan fingerprint density at radius 2 is 1.64 bits per heavy atom. The third-order valence-electron chi connectivity index (χ3n) is 5.13. The van der Waals surface area contributed by atoms with Gasteiger partial charge < -0.3 is 0 Å². The Balaban J connectivity index is 1.85. The van der Waals surface area contributed by atoms with Crippen molar-refractivity contribution in [3.8, 4) is 22.3 Å². The van der Waals surface area contributed by atoms with E-state index in [4.69, 9.17) is 0 Å². The lowest BCUT2D eigenvalue weighted by atomic mass is 9.92. The standard InChI is InChI=1S/C21H19FN2O3S/c22-17-10-8-16(9-11-17)20-19(12-23-24(21(20)25)18-2-1-3-18)15-6-4-14(5-7-15)13-28(26)27/h4-12,18,28H,1-3,13H2. The highest BCUT2D eigenvalue weighted by atomic mass is 32.2. The molecule has 1 aliphatic carbocycles. The highest BCUT2D eigenvalue weighted by molar-refractivity contribution is 7.71. The molecule has 0 bridgehead atoms. The number of rotatable bonds is 5. The summed E-state index contributed by atoms with van der Waals surface area (Å²) in [6, 6.07) is 13.0. The van der Waals surface area contributed by atoms with Crippen LogP contribution in [0.3, 0.4) is 0 Å². The van der Waals surface area contributed by atoms with E-state index in [1.165, 1.54) is 16.8 Å². The van der Waals surface area contributed by atoms with Gasteiger partial charge in [-0.1, -0.05) is 36.4 Å². The number of nitrogens with zero attached hydrogens (tertiary/aromatic N) is 2. The summed E-state index contributed by atoms with van der Waals surface area (Å²) in [5.41, 5.74) is 2.99. The van der Waals surface area contributed by atoms with Gasteiger partial charge in [0.1, 0.15) is 16.5 Å². The molecule has 0 N–H and O–H groups in total. The van der Waals surface area contributed by atoms with Crippen LogP contribution in [-0.2, 0) is 16.5 Å². The molecule has 0 atom stereocenters. The molecule has 4 rings (SSSR count). The van der Waals surface area contributed by atoms with Crippen molar-refractivity contribution in [3.63, 3.8) is 0 Å². The maximum Gasteiger partial charge on any atom is 0.275 e. The molecule has 1 aliphatic rings. The van der Waals surface area contributed by atoms with E-state index in [0.29, 0.717) is 22.3 Å². The molecule has 1 aromatic heterocycles. The van der Waals surface area contributed by atoms with Crippen LogP contribution in [0.15, 0.2) is 59.5 Å². The summed E-state index contributed by atoms with van der Waals surface area (Å²) >= 11 is 0. The Hall–Kier alpha value is -2.80. The molecule has 7 heteroatoms. The van der Waals surface area contributed by atoms with Crippen LogP contribution in [-0.4, -0.2) is 18.2 Å². The Morgan fingerprint density at radius 3 is 2.21 bits per heavy atom. The molecule has 1 fully saturated rings. The van der Waals surface area contributed by atoms with Crippen molar-refractivity contribution in [3.05, 3.63) is 76.5 Å². The molecule has 1 heterocycles. The third kappa shape index (κ3) is 3.62. The molecule has 0 aliphatic heterocycles. The van der Waals surface area contributed by atoms with Gasteiger partial charge in [0, 0.05) is 5.56 Å². The van der Waals surface area contributed by atoms with Crippen molar-refractivity contribution in [2.45, 2.75) is 31.1 Å². The zero-order valence-electron chi connectivity index (χ0n) is 15.0. The monoisotopic (exact) mass is 398 g/mol. The SMILES string of the molecule is O=c1c(-c2ccc(F)cc2)c(-c2ccc(C[SH](=O)=O)cc2)cnn1C1CCC1. The van der Waals surface area contributed by atoms with Crippen LogP contribution >= 0.6 is 0 Å². The fourth-order valence-electron chi connectivity index (χ4n) is 3.41. The predicted octanol–water partition coefficient (Wildman–Crippen LogP) is 3.55. The lowest BCUT2D eigenvalue weighted by molar-refractivity contribution is 0.279. The van der Waals surface area contributed by atoms with Gasteiger partial charge >= 0.3 is 0 Å². The summed E-state index contributed by atoms with van der Waals surface area (Å²) in [5, 5.41) is 4.38. The van der Waals surface area contributed by atoms with E-state index in [1.54, 1.807) is 42.6 Å². The number of hydrogen-bond donors (Lipinski definition) is 1. The molecule has 0 spiro atoms. The quantitative estimate of drug-likeness (QED) is 0.668. The van der Waals surface area contributed by atoms with Crippen molar-refractivity contribution >= 4 is 10.7 Å². The summed E-state index contributed by atoms with van der Waals surface area (Å²) in [4.78, 5) is 13.2. The van der Waals surface area contributed by atoms with E-state index in [-0.39, 0.29) is 23.2 Å². The summed E-state index contributed by atoms with van der Waals surface area (Å²) in [6.45, 7) is 0. The highest BCUT2D eigenvalue weighted by Gasteiger charge is 2.24. The van der Waals surface area contributed by atoms with Gasteiger partial charge in [-0.05, 0) is 48.1 Å². The van der Waals surface area contributed by atoms with Crippen molar-refractivity contribution in [1.29, 1.82) is 0 Å². The zero-order chi connectivity index (χ0) is 19.7. The molecule has 0 radical (unpaired) electrons. The first kappa shape index (κ1) is 18.6. The second-order valence-corrected chi connectivity index (χ2v) is 7.94. The first-order valence-corrected chi connectivity index (χ1v) is 10.5. The number of halogens is 1. The van der Waals surface area contributed by atoms with E-state index in [1.807, 2.05) is 0 Å². The first-order chi connectivity index (χ1) is 13.5. The fourth-order valence-corrected chi connectivity index (χ4v) is 3.92. The van der Waals surface area contributed by atoms with Crippen LogP contribution in [0.2, 0.25) is 0 Å². The second kappa shape index (κ2) is 7.67. The average molecular weight is 398 g/mol. The molecule has 1 saturated carbocycles. The smallest absolute Gasteiger partial charge is 0.267 e. The molecule has 3 aromatic rings. The summed E-state index contributed by atoms with van der Waals surface area (Å²) in [7, 11) is -2.50. The maximum absolute atomic E-state index is 13.4. The topological polar surface area (TPSA) is 69.0 Å². The fraction of sp³-hybridized carbons (Fsp3) is 0.238. The van der Waals surface area contributed by atoms with Gasteiger partial charge in [0.25, 0.3) is 5.56 Å². The van der Waals surface area contributed by atoms with Crippen molar-refractivity contribution in [2.75, 3.05) is 0 Å². The summed E-state index contributed by atoms with van der Waals surface area (Å²) in [6.07, 6.45) is 4.60. The van der Waals surface area contributed by atoms with Crippen LogP contribution in [0.4, 0.5) is 4.39 Å². The lowest BCUT2D eigenvalue weighted by Gasteiger charge is -2.27. The molecular weight excluding hydrogens is 379 g/mol. The van der Waals surface area contributed by atoms with E-state index in [9.17, 15) is 17.6 Å².